The number of hydrogen-bond donors (Lipinski definition) is 1. The lowest BCUT2D eigenvalue weighted by atomic mass is 10.1. The highest BCUT2D eigenvalue weighted by Gasteiger charge is 2.21. The van der Waals surface area contributed by atoms with Gasteiger partial charge in [-0.2, -0.15) is 0 Å². The van der Waals surface area contributed by atoms with Crippen LogP contribution < -0.4 is 0 Å². The van der Waals surface area contributed by atoms with Crippen LogP contribution in [-0.2, 0) is 0 Å². The Labute approximate surface area is 136 Å². The molecule has 0 spiro atoms. The predicted molar refractivity (Wildman–Crippen MR) is 93.0 cm³/mol. The van der Waals surface area contributed by atoms with Crippen molar-refractivity contribution >= 4 is 18.1 Å². The summed E-state index contributed by atoms with van der Waals surface area (Å²) in [5, 5.41) is 9.52. The molecule has 3 heteroatoms. The Bertz CT molecular complexity index is 669. The molecule has 1 amide bonds. The molecular weight excluding hydrogens is 286 g/mol. The molecule has 0 saturated carbocycles. The average Bonchev–Trinajstić information content (AvgIpc) is 2.61. The molecule has 1 aliphatic rings. The zero-order chi connectivity index (χ0) is 16.1. The van der Waals surface area contributed by atoms with Crippen molar-refractivity contribution in [3.63, 3.8) is 0 Å². The Kier molecular flexibility index (Phi) is 4.89. The van der Waals surface area contributed by atoms with Crippen molar-refractivity contribution in [2.45, 2.75) is 18.9 Å². The van der Waals surface area contributed by atoms with Crippen LogP contribution in [0.15, 0.2) is 54.6 Å². The van der Waals surface area contributed by atoms with Crippen molar-refractivity contribution in [2.75, 3.05) is 13.1 Å². The van der Waals surface area contributed by atoms with Crippen LogP contribution in [0.1, 0.15) is 34.3 Å². The summed E-state index contributed by atoms with van der Waals surface area (Å²) in [6.07, 6.45) is 5.18. The highest BCUT2D eigenvalue weighted by atomic mass is 16.3. The van der Waals surface area contributed by atoms with Crippen LogP contribution in [0.5, 0.6) is 0 Å². The third-order valence-corrected chi connectivity index (χ3v) is 4.18. The molecule has 0 unspecified atom stereocenters. The molecule has 3 nitrogen and oxygen atoms in total. The number of benzene rings is 2. The molecule has 3 rings (SSSR count). The number of carbonyl (C=O) groups excluding carboxylic acids is 1. The van der Waals surface area contributed by atoms with Gasteiger partial charge in [-0.15, -0.1) is 0 Å². The molecule has 1 aliphatic heterocycles. The third kappa shape index (κ3) is 4.08. The summed E-state index contributed by atoms with van der Waals surface area (Å²) >= 11 is 0. The Morgan fingerprint density at radius 1 is 0.913 bits per heavy atom. The number of carbonyl (C=O) groups is 1. The molecule has 23 heavy (non-hydrogen) atoms. The van der Waals surface area contributed by atoms with Gasteiger partial charge in [-0.3, -0.25) is 4.79 Å². The van der Waals surface area contributed by atoms with Crippen LogP contribution in [0, 0.1) is 0 Å². The van der Waals surface area contributed by atoms with Gasteiger partial charge in [0.1, 0.15) is 0 Å². The van der Waals surface area contributed by atoms with Crippen molar-refractivity contribution in [2.24, 2.45) is 0 Å². The summed E-state index contributed by atoms with van der Waals surface area (Å²) < 4.78 is 0. The number of aliphatic hydroxyl groups is 1. The van der Waals surface area contributed by atoms with Crippen LogP contribution >= 0.6 is 0 Å². The lowest BCUT2D eigenvalue weighted by Crippen LogP contribution is -2.40. The summed E-state index contributed by atoms with van der Waals surface area (Å²) in [6, 6.07) is 17.8. The quantitative estimate of drug-likeness (QED) is 0.882. The molecule has 1 heterocycles. The number of hydrogen-bond acceptors (Lipinski definition) is 2. The molecule has 2 aromatic rings. The van der Waals surface area contributed by atoms with Crippen molar-refractivity contribution in [1.29, 1.82) is 0 Å². The van der Waals surface area contributed by atoms with E-state index in [1.54, 1.807) is 0 Å². The first-order chi connectivity index (χ1) is 11.2. The third-order valence-electron chi connectivity index (χ3n) is 4.18. The van der Waals surface area contributed by atoms with E-state index in [0.29, 0.717) is 31.5 Å². The molecule has 1 fully saturated rings. The van der Waals surface area contributed by atoms with Crippen LogP contribution in [0.3, 0.4) is 0 Å². The Morgan fingerprint density at radius 2 is 1.48 bits per heavy atom. The minimum atomic E-state index is -0.260. The van der Waals surface area contributed by atoms with E-state index in [2.05, 4.69) is 18.2 Å². The fraction of sp³-hybridized carbons (Fsp3) is 0.250. The van der Waals surface area contributed by atoms with Crippen LogP contribution in [-0.4, -0.2) is 35.1 Å². The van der Waals surface area contributed by atoms with Gasteiger partial charge in [0.2, 0.25) is 0 Å². The number of nitrogens with zero attached hydrogens (tertiary/aromatic N) is 1. The largest absolute Gasteiger partial charge is 0.393 e. The van der Waals surface area contributed by atoms with Crippen molar-refractivity contribution in [3.05, 3.63) is 71.3 Å². The first-order valence-corrected chi connectivity index (χ1v) is 8.03. The van der Waals surface area contributed by atoms with Gasteiger partial charge in [0.25, 0.3) is 5.91 Å². The Balaban J connectivity index is 1.65. The highest BCUT2D eigenvalue weighted by Crippen LogP contribution is 2.15. The van der Waals surface area contributed by atoms with Crippen molar-refractivity contribution in [3.8, 4) is 0 Å². The monoisotopic (exact) mass is 307 g/mol. The molecule has 0 aliphatic carbocycles. The molecule has 0 atom stereocenters. The van der Waals surface area contributed by atoms with E-state index >= 15 is 0 Å². The number of piperidine rings is 1. The average molecular weight is 307 g/mol. The molecule has 0 aromatic heterocycles. The van der Waals surface area contributed by atoms with E-state index in [1.807, 2.05) is 53.4 Å². The van der Waals surface area contributed by atoms with E-state index < -0.39 is 0 Å². The minimum Gasteiger partial charge on any atom is -0.393 e. The van der Waals surface area contributed by atoms with Gasteiger partial charge in [-0.05, 0) is 36.1 Å². The van der Waals surface area contributed by atoms with Crippen molar-refractivity contribution < 1.29 is 9.90 Å². The Hall–Kier alpha value is -2.39. The number of likely N-dealkylation sites (tertiary alicyclic amines) is 1. The maximum atomic E-state index is 12.4. The van der Waals surface area contributed by atoms with E-state index in [1.165, 1.54) is 0 Å². The first-order valence-electron chi connectivity index (χ1n) is 8.03. The lowest BCUT2D eigenvalue weighted by Gasteiger charge is -2.29. The van der Waals surface area contributed by atoms with Gasteiger partial charge < -0.3 is 10.0 Å². The van der Waals surface area contributed by atoms with Gasteiger partial charge >= 0.3 is 0 Å². The summed E-state index contributed by atoms with van der Waals surface area (Å²) in [4.78, 5) is 14.2. The van der Waals surface area contributed by atoms with Crippen LogP contribution in [0.25, 0.3) is 12.2 Å². The fourth-order valence-corrected chi connectivity index (χ4v) is 2.74. The lowest BCUT2D eigenvalue weighted by molar-refractivity contribution is 0.0546. The SMILES string of the molecule is O=C(c1ccc(C=Cc2ccccc2)cc1)N1CCC(O)CC1. The first kappa shape index (κ1) is 15.5. The molecule has 0 radical (unpaired) electrons. The van der Waals surface area contributed by atoms with Gasteiger partial charge in [-0.25, -0.2) is 0 Å². The van der Waals surface area contributed by atoms with Gasteiger partial charge in [0.15, 0.2) is 0 Å². The molecule has 2 aromatic carbocycles. The molecule has 0 bridgehead atoms. The maximum Gasteiger partial charge on any atom is 0.253 e. The summed E-state index contributed by atoms with van der Waals surface area (Å²) in [7, 11) is 0. The Morgan fingerprint density at radius 3 is 2.09 bits per heavy atom. The van der Waals surface area contributed by atoms with Gasteiger partial charge in [-0.1, -0.05) is 54.6 Å². The maximum absolute atomic E-state index is 12.4. The standard InChI is InChI=1S/C20H21NO2/c22-19-12-14-21(15-13-19)20(23)18-10-8-17(9-11-18)7-6-16-4-2-1-3-5-16/h1-11,19,22H,12-15H2. The number of aliphatic hydroxyl groups excluding tert-OH is 1. The van der Waals surface area contributed by atoms with E-state index in [0.717, 1.165) is 11.1 Å². The normalized spacial score (nSPS) is 16.0. The highest BCUT2D eigenvalue weighted by molar-refractivity contribution is 5.94. The fourth-order valence-electron chi connectivity index (χ4n) is 2.74. The second kappa shape index (κ2) is 7.25. The topological polar surface area (TPSA) is 40.5 Å². The molecule has 1 N–H and O–H groups in total. The van der Waals surface area contributed by atoms with E-state index in [4.69, 9.17) is 0 Å². The number of rotatable bonds is 3. The predicted octanol–water partition coefficient (Wildman–Crippen LogP) is 3.45. The van der Waals surface area contributed by atoms with Crippen molar-refractivity contribution in [1.82, 2.24) is 4.90 Å². The zero-order valence-corrected chi connectivity index (χ0v) is 13.1. The molecule has 118 valence electrons. The summed E-state index contributed by atoms with van der Waals surface area (Å²) in [6.45, 7) is 1.27. The minimum absolute atomic E-state index is 0.0514. The van der Waals surface area contributed by atoms with Crippen LogP contribution in [0.2, 0.25) is 0 Å². The zero-order valence-electron chi connectivity index (χ0n) is 13.1. The van der Waals surface area contributed by atoms with Gasteiger partial charge in [0.05, 0.1) is 6.10 Å². The summed E-state index contributed by atoms with van der Waals surface area (Å²) in [5.41, 5.74) is 2.93. The number of amides is 1. The summed E-state index contributed by atoms with van der Waals surface area (Å²) in [5.74, 6) is 0.0514. The molecular formula is C20H21NO2. The molecule has 1 saturated heterocycles. The van der Waals surface area contributed by atoms with E-state index in [9.17, 15) is 9.90 Å². The van der Waals surface area contributed by atoms with Crippen LogP contribution in [0.4, 0.5) is 0 Å². The smallest absolute Gasteiger partial charge is 0.253 e. The van der Waals surface area contributed by atoms with Gasteiger partial charge in [0, 0.05) is 18.7 Å². The second-order valence-corrected chi connectivity index (χ2v) is 5.89. The van der Waals surface area contributed by atoms with E-state index in [-0.39, 0.29) is 12.0 Å². The second-order valence-electron chi connectivity index (χ2n) is 5.89.